The minimum absolute atomic E-state index is 0.157. The molecule has 0 aromatic carbocycles. The van der Waals surface area contributed by atoms with Crippen LogP contribution in [0.1, 0.15) is 79.6 Å². The highest BCUT2D eigenvalue weighted by Crippen LogP contribution is 2.35. The molecule has 0 spiro atoms. The quantitative estimate of drug-likeness (QED) is 0.430. The van der Waals surface area contributed by atoms with E-state index in [1.807, 2.05) is 20.8 Å². The number of carbonyl (C=O) groups excluding carboxylic acids is 3. The molecule has 1 heterocycles. The summed E-state index contributed by atoms with van der Waals surface area (Å²) in [4.78, 5) is 46.3. The van der Waals surface area contributed by atoms with Crippen molar-refractivity contribution in [3.05, 3.63) is 0 Å². The number of ether oxygens (including phenoxy) is 1. The molecule has 0 bridgehead atoms. The summed E-state index contributed by atoms with van der Waals surface area (Å²) in [5, 5.41) is 0. The van der Waals surface area contributed by atoms with Crippen molar-refractivity contribution >= 4 is 17.5 Å². The molecule has 6 heteroatoms. The van der Waals surface area contributed by atoms with Crippen LogP contribution < -0.4 is 0 Å². The van der Waals surface area contributed by atoms with Crippen molar-refractivity contribution in [2.45, 2.75) is 91.3 Å². The van der Waals surface area contributed by atoms with Crippen LogP contribution in [-0.2, 0) is 28.9 Å². The van der Waals surface area contributed by atoms with Crippen LogP contribution in [0.2, 0.25) is 0 Å². The van der Waals surface area contributed by atoms with Crippen molar-refractivity contribution in [1.82, 2.24) is 0 Å². The van der Waals surface area contributed by atoms with E-state index in [0.29, 0.717) is 32.1 Å². The van der Waals surface area contributed by atoms with Gasteiger partial charge in [0.25, 0.3) is 0 Å². The van der Waals surface area contributed by atoms with E-state index in [9.17, 15) is 14.4 Å². The summed E-state index contributed by atoms with van der Waals surface area (Å²) < 4.78 is 4.74. The first-order chi connectivity index (χ1) is 12.0. The number of hydrogen-bond acceptors (Lipinski definition) is 6. The first kappa shape index (κ1) is 22.8. The summed E-state index contributed by atoms with van der Waals surface area (Å²) in [6, 6.07) is 0. The topological polar surface area (TPSA) is 78.9 Å². The maximum atomic E-state index is 12.6. The Kier molecular flexibility index (Phi) is 8.41. The molecule has 0 radical (unpaired) electrons. The van der Waals surface area contributed by atoms with Crippen LogP contribution in [0.4, 0.5) is 0 Å². The van der Waals surface area contributed by atoms with Gasteiger partial charge in [-0.3, -0.25) is 9.59 Å². The van der Waals surface area contributed by atoms with Crippen LogP contribution >= 0.6 is 0 Å². The normalized spacial score (nSPS) is 24.8. The van der Waals surface area contributed by atoms with Gasteiger partial charge in [0.2, 0.25) is 0 Å². The zero-order chi connectivity index (χ0) is 20.0. The molecule has 0 amide bonds. The Morgan fingerprint density at radius 1 is 1.27 bits per heavy atom. The average molecular weight is 370 g/mol. The van der Waals surface area contributed by atoms with E-state index in [1.54, 1.807) is 13.8 Å². The lowest BCUT2D eigenvalue weighted by Gasteiger charge is -2.37. The summed E-state index contributed by atoms with van der Waals surface area (Å²) in [5.41, 5.74) is -0.971. The largest absolute Gasteiger partial charge is 0.469 e. The second-order valence-corrected chi connectivity index (χ2v) is 8.38. The van der Waals surface area contributed by atoms with Crippen molar-refractivity contribution < 1.29 is 28.9 Å². The van der Waals surface area contributed by atoms with Crippen LogP contribution in [-0.4, -0.2) is 36.4 Å². The molecule has 1 aliphatic rings. The molecule has 0 N–H and O–H groups in total. The van der Waals surface area contributed by atoms with Crippen LogP contribution in [0.25, 0.3) is 0 Å². The molecular weight excluding hydrogens is 336 g/mol. The van der Waals surface area contributed by atoms with E-state index in [2.05, 4.69) is 0 Å². The molecule has 150 valence electrons. The zero-order valence-corrected chi connectivity index (χ0v) is 17.1. The van der Waals surface area contributed by atoms with Gasteiger partial charge in [0.15, 0.2) is 0 Å². The summed E-state index contributed by atoms with van der Waals surface area (Å²) in [6.07, 6.45) is 4.02. The van der Waals surface area contributed by atoms with Gasteiger partial charge in [0, 0.05) is 18.3 Å². The molecule has 0 aromatic rings. The smallest absolute Gasteiger partial charge is 0.311 e. The average Bonchev–Trinajstić information content (AvgIpc) is 2.58. The second-order valence-electron chi connectivity index (χ2n) is 8.38. The third-order valence-electron chi connectivity index (χ3n) is 5.43. The highest BCUT2D eigenvalue weighted by Gasteiger charge is 2.39. The molecule has 1 aliphatic heterocycles. The van der Waals surface area contributed by atoms with E-state index in [4.69, 9.17) is 14.5 Å². The minimum atomic E-state index is -0.530. The molecule has 1 fully saturated rings. The number of esters is 1. The van der Waals surface area contributed by atoms with Gasteiger partial charge in [-0.15, -0.1) is 0 Å². The van der Waals surface area contributed by atoms with Crippen LogP contribution in [0, 0.1) is 11.3 Å². The van der Waals surface area contributed by atoms with E-state index < -0.39 is 11.0 Å². The third kappa shape index (κ3) is 6.80. The molecule has 0 aliphatic carbocycles. The SMILES string of the molecule is COC(=O)[C@@H](C)[C@H]1CC[C@](C)(CCC(=O)C(C)(C)CCCC(C)=O)OO1. The molecule has 1 rings (SSSR count). The number of hydrogen-bond donors (Lipinski definition) is 0. The highest BCUT2D eigenvalue weighted by atomic mass is 17.2. The zero-order valence-electron chi connectivity index (χ0n) is 17.1. The minimum Gasteiger partial charge on any atom is -0.469 e. The molecule has 6 nitrogen and oxygen atoms in total. The molecule has 26 heavy (non-hydrogen) atoms. The molecule has 0 aromatic heterocycles. The fourth-order valence-electron chi connectivity index (χ4n) is 3.19. The summed E-state index contributed by atoms with van der Waals surface area (Å²) in [6.45, 7) is 9.14. The van der Waals surface area contributed by atoms with Gasteiger partial charge in [-0.05, 0) is 52.9 Å². The number of carbonyl (C=O) groups is 3. The molecule has 1 saturated heterocycles. The van der Waals surface area contributed by atoms with Gasteiger partial charge in [0.05, 0.1) is 13.0 Å². The number of methoxy groups -OCH3 is 1. The molecule has 0 saturated carbocycles. The third-order valence-corrected chi connectivity index (χ3v) is 5.43. The second kappa shape index (κ2) is 9.60. The first-order valence-corrected chi connectivity index (χ1v) is 9.46. The predicted molar refractivity (Wildman–Crippen MR) is 97.3 cm³/mol. The Hall–Kier alpha value is -1.27. The first-order valence-electron chi connectivity index (χ1n) is 9.46. The number of ketones is 2. The lowest BCUT2D eigenvalue weighted by atomic mass is 9.79. The van der Waals surface area contributed by atoms with Crippen molar-refractivity contribution in [3.8, 4) is 0 Å². The van der Waals surface area contributed by atoms with E-state index in [0.717, 1.165) is 12.8 Å². The fraction of sp³-hybridized carbons (Fsp3) is 0.850. The van der Waals surface area contributed by atoms with E-state index in [-0.39, 0.29) is 29.6 Å². The van der Waals surface area contributed by atoms with E-state index >= 15 is 0 Å². The lowest BCUT2D eigenvalue weighted by Crippen LogP contribution is -2.42. The molecule has 0 unspecified atom stereocenters. The lowest BCUT2D eigenvalue weighted by molar-refractivity contribution is -0.411. The van der Waals surface area contributed by atoms with Gasteiger partial charge >= 0.3 is 5.97 Å². The Bertz CT molecular complexity index is 502. The summed E-state index contributed by atoms with van der Waals surface area (Å²) in [7, 11) is 1.36. The number of rotatable bonds is 10. The Balaban J connectivity index is 2.45. The highest BCUT2D eigenvalue weighted by molar-refractivity contribution is 5.84. The van der Waals surface area contributed by atoms with Crippen molar-refractivity contribution in [2.24, 2.45) is 11.3 Å². The Morgan fingerprint density at radius 3 is 2.42 bits per heavy atom. The van der Waals surface area contributed by atoms with Gasteiger partial charge < -0.3 is 9.53 Å². The van der Waals surface area contributed by atoms with E-state index in [1.165, 1.54) is 7.11 Å². The van der Waals surface area contributed by atoms with Crippen molar-refractivity contribution in [2.75, 3.05) is 7.11 Å². The molecular formula is C20H34O6. The van der Waals surface area contributed by atoms with Gasteiger partial charge in [-0.2, -0.15) is 0 Å². The predicted octanol–water partition coefficient (Wildman–Crippen LogP) is 3.80. The maximum Gasteiger partial charge on any atom is 0.311 e. The monoisotopic (exact) mass is 370 g/mol. The van der Waals surface area contributed by atoms with Crippen LogP contribution in [0.3, 0.4) is 0 Å². The molecule has 3 atom stereocenters. The van der Waals surface area contributed by atoms with Crippen molar-refractivity contribution in [1.29, 1.82) is 0 Å². The standard InChI is InChI=1S/C20H34O6/c1-14(21)8-7-11-19(3,4)17(22)10-13-20(5)12-9-16(25-26-20)15(2)18(23)24-6/h15-16H,7-13H2,1-6H3/t15-,16+,20+/m0/s1. The van der Waals surface area contributed by atoms with Crippen LogP contribution in [0.15, 0.2) is 0 Å². The van der Waals surface area contributed by atoms with Gasteiger partial charge in [0.1, 0.15) is 23.3 Å². The van der Waals surface area contributed by atoms with Crippen molar-refractivity contribution in [3.63, 3.8) is 0 Å². The Labute approximate surface area is 156 Å². The number of Topliss-reactive ketones (excluding diaryl/α,β-unsaturated/α-hetero) is 2. The summed E-state index contributed by atoms with van der Waals surface area (Å²) >= 11 is 0. The summed E-state index contributed by atoms with van der Waals surface area (Å²) in [5.74, 6) is -0.365. The van der Waals surface area contributed by atoms with Crippen LogP contribution in [0.5, 0.6) is 0 Å². The maximum absolute atomic E-state index is 12.6. The fourth-order valence-corrected chi connectivity index (χ4v) is 3.19. The van der Waals surface area contributed by atoms with Gasteiger partial charge in [-0.1, -0.05) is 13.8 Å². The van der Waals surface area contributed by atoms with Gasteiger partial charge in [-0.25, -0.2) is 9.78 Å². The Morgan fingerprint density at radius 2 is 1.92 bits per heavy atom.